The lowest BCUT2D eigenvalue weighted by molar-refractivity contribution is 0.0695. The molecule has 0 spiro atoms. The van der Waals surface area contributed by atoms with E-state index >= 15 is 0 Å². The van der Waals surface area contributed by atoms with Crippen LogP contribution in [0.1, 0.15) is 46.4 Å². The number of amides is 1. The van der Waals surface area contributed by atoms with Gasteiger partial charge in [0, 0.05) is 12.6 Å². The minimum Gasteiger partial charge on any atom is -0.480 e. The number of nitrogens with zero attached hydrogens (tertiary/aromatic N) is 3. The first-order valence-electron chi connectivity index (χ1n) is 8.33. The van der Waals surface area contributed by atoms with Crippen LogP contribution in [0.4, 0.5) is 0 Å². The lowest BCUT2D eigenvalue weighted by Gasteiger charge is -2.23. The number of rotatable bonds is 4. The number of aryl methyl sites for hydroxylation is 2. The van der Waals surface area contributed by atoms with Crippen LogP contribution in [0, 0.1) is 19.8 Å². The minimum absolute atomic E-state index is 0.0532. The topological polar surface area (TPSA) is 55.3 Å². The summed E-state index contributed by atoms with van der Waals surface area (Å²) in [4.78, 5) is 25.0. The van der Waals surface area contributed by atoms with Gasteiger partial charge in [0.15, 0.2) is 0 Å². The average molecular weight is 343 g/mol. The van der Waals surface area contributed by atoms with Crippen molar-refractivity contribution in [3.8, 4) is 16.5 Å². The van der Waals surface area contributed by atoms with Crippen molar-refractivity contribution < 1.29 is 9.53 Å². The Morgan fingerprint density at radius 3 is 2.67 bits per heavy atom. The summed E-state index contributed by atoms with van der Waals surface area (Å²) < 4.78 is 5.47. The van der Waals surface area contributed by atoms with Gasteiger partial charge in [-0.2, -0.15) is 0 Å². The van der Waals surface area contributed by atoms with Crippen molar-refractivity contribution in [2.75, 3.05) is 7.11 Å². The van der Waals surface area contributed by atoms with Gasteiger partial charge in [-0.25, -0.2) is 9.97 Å². The third kappa shape index (κ3) is 2.40. The smallest absolute Gasteiger partial charge is 0.260 e. The maximum atomic E-state index is 12.9. The molecule has 1 amide bonds. The van der Waals surface area contributed by atoms with Gasteiger partial charge in [-0.3, -0.25) is 4.79 Å². The van der Waals surface area contributed by atoms with E-state index in [1.165, 1.54) is 12.8 Å². The largest absolute Gasteiger partial charge is 0.480 e. The zero-order valence-electron chi connectivity index (χ0n) is 14.4. The molecule has 6 heteroatoms. The molecule has 1 atom stereocenters. The number of thiazole rings is 1. The summed E-state index contributed by atoms with van der Waals surface area (Å²) in [6.07, 6.45) is 2.45. The Labute approximate surface area is 145 Å². The highest BCUT2D eigenvalue weighted by atomic mass is 32.1. The molecule has 0 aromatic carbocycles. The van der Waals surface area contributed by atoms with E-state index in [1.807, 2.05) is 24.8 Å². The van der Waals surface area contributed by atoms with Crippen molar-refractivity contribution in [1.82, 2.24) is 14.9 Å². The Hall–Kier alpha value is -1.95. The van der Waals surface area contributed by atoms with Crippen molar-refractivity contribution in [3.63, 3.8) is 0 Å². The second kappa shape index (κ2) is 5.55. The lowest BCUT2D eigenvalue weighted by Crippen LogP contribution is -2.34. The van der Waals surface area contributed by atoms with Crippen LogP contribution in [0.2, 0.25) is 0 Å². The summed E-state index contributed by atoms with van der Waals surface area (Å²) in [7, 11) is 1.58. The van der Waals surface area contributed by atoms with Crippen LogP contribution in [-0.2, 0) is 6.54 Å². The first-order valence-corrected chi connectivity index (χ1v) is 9.14. The molecule has 126 valence electrons. The number of pyridine rings is 1. The first kappa shape index (κ1) is 15.6. The molecule has 1 saturated carbocycles. The van der Waals surface area contributed by atoms with Gasteiger partial charge in [0.1, 0.15) is 5.56 Å². The fourth-order valence-corrected chi connectivity index (χ4v) is 4.40. The third-order valence-electron chi connectivity index (χ3n) is 5.01. The third-order valence-corrected chi connectivity index (χ3v) is 6.10. The Kier molecular flexibility index (Phi) is 3.60. The van der Waals surface area contributed by atoms with E-state index in [-0.39, 0.29) is 11.9 Å². The van der Waals surface area contributed by atoms with Crippen LogP contribution in [0.15, 0.2) is 6.07 Å². The first-order chi connectivity index (χ1) is 11.5. The Balaban J connectivity index is 1.77. The van der Waals surface area contributed by atoms with Crippen LogP contribution >= 0.6 is 11.3 Å². The number of fused-ring (bicyclic) bond motifs is 1. The number of aromatic nitrogens is 2. The van der Waals surface area contributed by atoms with Gasteiger partial charge in [-0.15, -0.1) is 11.3 Å². The number of ether oxygens (including phenoxy) is 1. The lowest BCUT2D eigenvalue weighted by atomic mass is 10.1. The highest BCUT2D eigenvalue weighted by Gasteiger charge is 2.40. The van der Waals surface area contributed by atoms with Crippen molar-refractivity contribution in [1.29, 1.82) is 0 Å². The molecule has 3 heterocycles. The van der Waals surface area contributed by atoms with E-state index in [9.17, 15) is 4.79 Å². The van der Waals surface area contributed by atoms with Crippen LogP contribution in [-0.4, -0.2) is 33.9 Å². The molecule has 0 radical (unpaired) electrons. The molecule has 0 N–H and O–H groups in total. The minimum atomic E-state index is 0.0532. The van der Waals surface area contributed by atoms with Crippen LogP contribution in [0.25, 0.3) is 10.6 Å². The number of hydrogen-bond donors (Lipinski definition) is 0. The zero-order chi connectivity index (χ0) is 17.0. The van der Waals surface area contributed by atoms with Crippen molar-refractivity contribution in [2.24, 2.45) is 5.92 Å². The van der Waals surface area contributed by atoms with Crippen molar-refractivity contribution in [3.05, 3.63) is 27.9 Å². The normalized spacial score (nSPS) is 18.0. The van der Waals surface area contributed by atoms with Gasteiger partial charge in [0.05, 0.1) is 28.4 Å². The maximum Gasteiger partial charge on any atom is 0.260 e. The summed E-state index contributed by atoms with van der Waals surface area (Å²) in [6, 6.07) is 2.32. The van der Waals surface area contributed by atoms with Crippen LogP contribution in [0.3, 0.4) is 0 Å². The van der Waals surface area contributed by atoms with Gasteiger partial charge < -0.3 is 9.64 Å². The second-order valence-corrected chi connectivity index (χ2v) is 7.91. The number of methoxy groups -OCH3 is 1. The number of hydrogen-bond acceptors (Lipinski definition) is 5. The van der Waals surface area contributed by atoms with Gasteiger partial charge in [-0.1, -0.05) is 0 Å². The monoisotopic (exact) mass is 343 g/mol. The molecule has 0 bridgehead atoms. The summed E-state index contributed by atoms with van der Waals surface area (Å²) in [5.74, 6) is 1.13. The Bertz CT molecular complexity index is 826. The summed E-state index contributed by atoms with van der Waals surface area (Å²) in [5, 5.41) is 1.02. The summed E-state index contributed by atoms with van der Waals surface area (Å²) in [6.45, 7) is 6.79. The van der Waals surface area contributed by atoms with Gasteiger partial charge in [0.2, 0.25) is 5.88 Å². The van der Waals surface area contributed by atoms with E-state index in [0.29, 0.717) is 23.9 Å². The molecule has 5 nitrogen and oxygen atoms in total. The molecular weight excluding hydrogens is 322 g/mol. The highest BCUT2D eigenvalue weighted by molar-refractivity contribution is 7.15. The van der Waals surface area contributed by atoms with Gasteiger partial charge >= 0.3 is 0 Å². The number of carbonyl (C=O) groups excluding carboxylic acids is 1. The molecule has 1 aliphatic heterocycles. The predicted molar refractivity (Wildman–Crippen MR) is 93.4 cm³/mol. The van der Waals surface area contributed by atoms with E-state index in [2.05, 4.69) is 16.9 Å². The van der Waals surface area contributed by atoms with E-state index in [0.717, 1.165) is 26.8 Å². The fourth-order valence-electron chi connectivity index (χ4n) is 3.52. The summed E-state index contributed by atoms with van der Waals surface area (Å²) in [5.41, 5.74) is 3.47. The zero-order valence-corrected chi connectivity index (χ0v) is 15.2. The standard InChI is InChI=1S/C18H21N3O2S/c1-9-16(24-11(3)19-9)14-7-13-8-21(10(2)12-5-6-12)18(22)15(13)17(20-14)23-4/h7,10,12H,5-6,8H2,1-4H3/t10-/m0/s1. The van der Waals surface area contributed by atoms with E-state index in [1.54, 1.807) is 18.4 Å². The van der Waals surface area contributed by atoms with Crippen LogP contribution in [0.5, 0.6) is 5.88 Å². The molecule has 2 aromatic heterocycles. The maximum absolute atomic E-state index is 12.9. The molecule has 1 fully saturated rings. The fraction of sp³-hybridized carbons (Fsp3) is 0.500. The van der Waals surface area contributed by atoms with Gasteiger partial charge in [-0.05, 0) is 51.2 Å². The molecule has 0 saturated heterocycles. The molecule has 2 aromatic rings. The number of carbonyl (C=O) groups is 1. The second-order valence-electron chi connectivity index (χ2n) is 6.71. The van der Waals surface area contributed by atoms with Crippen LogP contribution < -0.4 is 4.74 Å². The molecular formula is C18H21N3O2S. The average Bonchev–Trinajstić information content (AvgIpc) is 3.28. The molecule has 4 rings (SSSR count). The Morgan fingerprint density at radius 2 is 2.08 bits per heavy atom. The SMILES string of the molecule is COc1nc(-c2sc(C)nc2C)cc2c1C(=O)N([C@@H](C)C1CC1)C2. The molecule has 24 heavy (non-hydrogen) atoms. The van der Waals surface area contributed by atoms with Gasteiger partial charge in [0.25, 0.3) is 5.91 Å². The van der Waals surface area contributed by atoms with Crippen molar-refractivity contribution >= 4 is 17.2 Å². The molecule has 1 aliphatic carbocycles. The highest BCUT2D eigenvalue weighted by Crippen LogP contribution is 2.41. The summed E-state index contributed by atoms with van der Waals surface area (Å²) >= 11 is 1.63. The van der Waals surface area contributed by atoms with Crippen molar-refractivity contribution in [2.45, 2.75) is 46.2 Å². The Morgan fingerprint density at radius 1 is 1.33 bits per heavy atom. The van der Waals surface area contributed by atoms with E-state index < -0.39 is 0 Å². The molecule has 2 aliphatic rings. The quantitative estimate of drug-likeness (QED) is 0.851. The predicted octanol–water partition coefficient (Wildman–Crippen LogP) is 3.58. The molecule has 0 unspecified atom stereocenters. The van der Waals surface area contributed by atoms with E-state index in [4.69, 9.17) is 4.74 Å².